The Morgan fingerprint density at radius 3 is 2.60 bits per heavy atom. The lowest BCUT2D eigenvalue weighted by atomic mass is 10.1. The topological polar surface area (TPSA) is 103 Å². The van der Waals surface area contributed by atoms with Crippen LogP contribution in [0.5, 0.6) is 11.5 Å². The molecule has 0 aliphatic heterocycles. The highest BCUT2D eigenvalue weighted by Crippen LogP contribution is 2.41. The van der Waals surface area contributed by atoms with Gasteiger partial charge < -0.3 is 15.2 Å². The normalized spacial score (nSPS) is 10.5. The molecule has 1 aromatic heterocycles. The van der Waals surface area contributed by atoms with Gasteiger partial charge in [0.1, 0.15) is 17.2 Å². The van der Waals surface area contributed by atoms with Crippen LogP contribution < -0.4 is 15.2 Å². The minimum absolute atomic E-state index is 0.102. The molecule has 0 radical (unpaired) electrons. The zero-order valence-electron chi connectivity index (χ0n) is 13.6. The minimum Gasteiger partial charge on any atom is -0.497 e. The van der Waals surface area contributed by atoms with Gasteiger partial charge in [0.25, 0.3) is 5.91 Å². The first-order valence-corrected chi connectivity index (χ1v) is 8.15. The molecule has 7 nitrogen and oxygen atoms in total. The lowest BCUT2D eigenvalue weighted by molar-refractivity contribution is 0.0996. The summed E-state index contributed by atoms with van der Waals surface area (Å²) in [7, 11) is 3.22. The van der Waals surface area contributed by atoms with Crippen molar-refractivity contribution in [3.05, 3.63) is 48.2 Å². The fourth-order valence-electron chi connectivity index (χ4n) is 2.32. The van der Waals surface area contributed by atoms with E-state index >= 15 is 0 Å². The summed E-state index contributed by atoms with van der Waals surface area (Å²) in [6, 6.07) is 13.1. The maximum atomic E-state index is 11.6. The number of carbonyl (C=O) groups is 1. The lowest BCUT2D eigenvalue weighted by Crippen LogP contribution is -2.12. The standard InChI is InChI=1S/C17H16N4O3S/c1-23-10-7-8-12(24-2)14(9-10)25-13-6-4-3-5-11(13)15-16(17(18)22)20-21-19-15/h3-9H,1-2H3,(H2,18,22)(H,19,20,21). The van der Waals surface area contributed by atoms with Crippen LogP contribution in [0, 0.1) is 0 Å². The summed E-state index contributed by atoms with van der Waals surface area (Å²) in [5.41, 5.74) is 6.64. The number of H-pyrrole nitrogens is 1. The Morgan fingerprint density at radius 2 is 1.88 bits per heavy atom. The molecule has 0 spiro atoms. The van der Waals surface area contributed by atoms with Crippen molar-refractivity contribution in [3.63, 3.8) is 0 Å². The summed E-state index contributed by atoms with van der Waals surface area (Å²) in [5.74, 6) is 0.804. The van der Waals surface area contributed by atoms with Crippen LogP contribution in [-0.4, -0.2) is 35.5 Å². The Balaban J connectivity index is 2.06. The Labute approximate surface area is 148 Å². The van der Waals surface area contributed by atoms with Gasteiger partial charge in [-0.1, -0.05) is 30.0 Å². The van der Waals surface area contributed by atoms with Gasteiger partial charge in [0.15, 0.2) is 5.69 Å². The number of nitrogens with one attached hydrogen (secondary N) is 1. The van der Waals surface area contributed by atoms with Gasteiger partial charge in [-0.3, -0.25) is 4.79 Å². The summed E-state index contributed by atoms with van der Waals surface area (Å²) in [6.07, 6.45) is 0. The molecule has 1 heterocycles. The number of hydrogen-bond donors (Lipinski definition) is 2. The molecule has 2 aromatic carbocycles. The molecule has 0 unspecified atom stereocenters. The number of nitrogens with zero attached hydrogens (tertiary/aromatic N) is 2. The number of hydrogen-bond acceptors (Lipinski definition) is 6. The summed E-state index contributed by atoms with van der Waals surface area (Å²) in [5, 5.41) is 10.4. The number of amides is 1. The molecule has 0 aliphatic rings. The number of methoxy groups -OCH3 is 2. The second-order valence-corrected chi connectivity index (χ2v) is 6.08. The van der Waals surface area contributed by atoms with Crippen molar-refractivity contribution < 1.29 is 14.3 Å². The van der Waals surface area contributed by atoms with Crippen LogP contribution >= 0.6 is 11.8 Å². The molecular formula is C17H16N4O3S. The van der Waals surface area contributed by atoms with Crippen LogP contribution in [0.2, 0.25) is 0 Å². The second-order valence-electron chi connectivity index (χ2n) is 5.00. The molecule has 8 heteroatoms. The third-order valence-electron chi connectivity index (χ3n) is 3.51. The van der Waals surface area contributed by atoms with Crippen molar-refractivity contribution in [2.45, 2.75) is 9.79 Å². The lowest BCUT2D eigenvalue weighted by Gasteiger charge is -2.12. The fraction of sp³-hybridized carbons (Fsp3) is 0.118. The number of ether oxygens (including phenoxy) is 2. The molecule has 1 amide bonds. The van der Waals surface area contributed by atoms with E-state index in [4.69, 9.17) is 15.2 Å². The average Bonchev–Trinajstić information content (AvgIpc) is 3.12. The van der Waals surface area contributed by atoms with E-state index in [0.29, 0.717) is 5.69 Å². The number of rotatable bonds is 6. The van der Waals surface area contributed by atoms with Crippen molar-refractivity contribution >= 4 is 17.7 Å². The number of primary amides is 1. The predicted molar refractivity (Wildman–Crippen MR) is 94.0 cm³/mol. The number of carbonyl (C=O) groups excluding carboxylic acids is 1. The van der Waals surface area contributed by atoms with E-state index < -0.39 is 5.91 Å². The molecule has 0 fully saturated rings. The number of aromatic nitrogens is 3. The Bertz CT molecular complexity index is 910. The maximum Gasteiger partial charge on any atom is 0.271 e. The van der Waals surface area contributed by atoms with E-state index in [1.165, 1.54) is 11.8 Å². The van der Waals surface area contributed by atoms with E-state index in [9.17, 15) is 4.79 Å². The molecule has 128 valence electrons. The Morgan fingerprint density at radius 1 is 1.08 bits per heavy atom. The van der Waals surface area contributed by atoms with Crippen molar-refractivity contribution in [2.75, 3.05) is 14.2 Å². The van der Waals surface area contributed by atoms with Gasteiger partial charge in [-0.15, -0.1) is 0 Å². The quantitative estimate of drug-likeness (QED) is 0.704. The predicted octanol–water partition coefficient (Wildman–Crippen LogP) is 2.74. The zero-order chi connectivity index (χ0) is 17.8. The van der Waals surface area contributed by atoms with Crippen LogP contribution in [0.4, 0.5) is 0 Å². The number of aromatic amines is 1. The van der Waals surface area contributed by atoms with E-state index in [0.717, 1.165) is 26.9 Å². The summed E-state index contributed by atoms with van der Waals surface area (Å²) < 4.78 is 10.7. The van der Waals surface area contributed by atoms with Crippen molar-refractivity contribution in [2.24, 2.45) is 5.73 Å². The average molecular weight is 356 g/mol. The molecule has 25 heavy (non-hydrogen) atoms. The van der Waals surface area contributed by atoms with E-state index in [1.807, 2.05) is 42.5 Å². The Hall–Kier alpha value is -3.00. The first-order chi connectivity index (χ1) is 12.1. The molecule has 0 aliphatic carbocycles. The first kappa shape index (κ1) is 16.8. The second kappa shape index (κ2) is 7.27. The fourth-order valence-corrected chi connectivity index (χ4v) is 3.41. The van der Waals surface area contributed by atoms with Gasteiger partial charge in [0.05, 0.1) is 19.1 Å². The van der Waals surface area contributed by atoms with Crippen LogP contribution in [-0.2, 0) is 0 Å². The van der Waals surface area contributed by atoms with Crippen molar-refractivity contribution in [1.29, 1.82) is 0 Å². The highest BCUT2D eigenvalue weighted by molar-refractivity contribution is 7.99. The largest absolute Gasteiger partial charge is 0.497 e. The van der Waals surface area contributed by atoms with Gasteiger partial charge >= 0.3 is 0 Å². The molecule has 3 rings (SSSR count). The molecule has 0 atom stereocenters. The van der Waals surface area contributed by atoms with Gasteiger partial charge in [0.2, 0.25) is 0 Å². The summed E-state index contributed by atoms with van der Waals surface area (Å²) in [6.45, 7) is 0. The van der Waals surface area contributed by atoms with Crippen LogP contribution in [0.1, 0.15) is 10.5 Å². The molecule has 0 saturated heterocycles. The van der Waals surface area contributed by atoms with Crippen LogP contribution in [0.3, 0.4) is 0 Å². The number of nitrogens with two attached hydrogens (primary N) is 1. The third-order valence-corrected chi connectivity index (χ3v) is 4.63. The highest BCUT2D eigenvalue weighted by atomic mass is 32.2. The van der Waals surface area contributed by atoms with Crippen LogP contribution in [0.15, 0.2) is 52.3 Å². The van der Waals surface area contributed by atoms with Gasteiger partial charge in [-0.2, -0.15) is 15.4 Å². The van der Waals surface area contributed by atoms with Gasteiger partial charge in [-0.25, -0.2) is 0 Å². The molecule has 0 saturated carbocycles. The van der Waals surface area contributed by atoms with E-state index in [2.05, 4.69) is 15.4 Å². The highest BCUT2D eigenvalue weighted by Gasteiger charge is 2.19. The van der Waals surface area contributed by atoms with E-state index in [1.54, 1.807) is 14.2 Å². The van der Waals surface area contributed by atoms with Gasteiger partial charge in [0, 0.05) is 10.5 Å². The Kier molecular flexibility index (Phi) is 4.90. The SMILES string of the molecule is COc1ccc(OC)c(Sc2ccccc2-c2n[nH]nc2C(N)=O)c1. The van der Waals surface area contributed by atoms with Crippen molar-refractivity contribution in [1.82, 2.24) is 15.4 Å². The smallest absolute Gasteiger partial charge is 0.271 e. The maximum absolute atomic E-state index is 11.6. The molecule has 3 aromatic rings. The van der Waals surface area contributed by atoms with E-state index in [-0.39, 0.29) is 5.69 Å². The number of benzene rings is 2. The monoisotopic (exact) mass is 356 g/mol. The molecular weight excluding hydrogens is 340 g/mol. The zero-order valence-corrected chi connectivity index (χ0v) is 14.5. The first-order valence-electron chi connectivity index (χ1n) is 7.34. The van der Waals surface area contributed by atoms with Crippen molar-refractivity contribution in [3.8, 4) is 22.8 Å². The van der Waals surface area contributed by atoms with Crippen LogP contribution in [0.25, 0.3) is 11.3 Å². The molecule has 3 N–H and O–H groups in total. The summed E-state index contributed by atoms with van der Waals surface area (Å²) in [4.78, 5) is 13.3. The third kappa shape index (κ3) is 3.43. The van der Waals surface area contributed by atoms with Gasteiger partial charge in [-0.05, 0) is 24.3 Å². The minimum atomic E-state index is -0.637. The molecule has 0 bridgehead atoms. The summed E-state index contributed by atoms with van der Waals surface area (Å²) >= 11 is 1.47.